The van der Waals surface area contributed by atoms with Crippen LogP contribution >= 0.6 is 11.6 Å². The molecule has 2 aromatic heterocycles. The molecule has 0 aliphatic carbocycles. The fourth-order valence-corrected chi connectivity index (χ4v) is 2.94. The molecule has 3 heterocycles. The van der Waals surface area contributed by atoms with Gasteiger partial charge in [0, 0.05) is 26.3 Å². The predicted molar refractivity (Wildman–Crippen MR) is 75.6 cm³/mol. The molecule has 20 heavy (non-hydrogen) atoms. The van der Waals surface area contributed by atoms with E-state index in [9.17, 15) is 5.11 Å². The lowest BCUT2D eigenvalue weighted by molar-refractivity contribution is 0.00403. The Morgan fingerprint density at radius 2 is 2.10 bits per heavy atom. The maximum atomic E-state index is 10.8. The van der Waals surface area contributed by atoms with Crippen LogP contribution in [0.4, 0.5) is 5.82 Å². The van der Waals surface area contributed by atoms with E-state index in [0.29, 0.717) is 31.0 Å². The fourth-order valence-electron chi connectivity index (χ4n) is 2.71. The molecule has 0 radical (unpaired) electrons. The van der Waals surface area contributed by atoms with Crippen molar-refractivity contribution in [2.45, 2.75) is 18.4 Å². The lowest BCUT2D eigenvalue weighted by Gasteiger charge is -2.38. The van der Waals surface area contributed by atoms with Gasteiger partial charge in [0.15, 0.2) is 5.82 Å². The van der Waals surface area contributed by atoms with Gasteiger partial charge in [-0.25, -0.2) is 9.97 Å². The summed E-state index contributed by atoms with van der Waals surface area (Å²) in [5.74, 6) is 0.730. The SMILES string of the molecule is Cn1nccc1C1(O)CCN(c2ncncc2Cl)CC1. The monoisotopic (exact) mass is 293 g/mol. The quantitative estimate of drug-likeness (QED) is 0.905. The van der Waals surface area contributed by atoms with Gasteiger partial charge < -0.3 is 10.0 Å². The number of rotatable bonds is 2. The third-order valence-corrected chi connectivity index (χ3v) is 4.10. The number of hydrogen-bond donors (Lipinski definition) is 1. The summed E-state index contributed by atoms with van der Waals surface area (Å²) < 4.78 is 1.73. The van der Waals surface area contributed by atoms with Gasteiger partial charge in [-0.05, 0) is 18.9 Å². The summed E-state index contributed by atoms with van der Waals surface area (Å²) in [5, 5.41) is 15.5. The summed E-state index contributed by atoms with van der Waals surface area (Å²) in [6.07, 6.45) is 6.02. The molecule has 0 aromatic carbocycles. The predicted octanol–water partition coefficient (Wildman–Crippen LogP) is 1.35. The van der Waals surface area contributed by atoms with Crippen LogP contribution in [0, 0.1) is 0 Å². The van der Waals surface area contributed by atoms with Crippen LogP contribution in [0.15, 0.2) is 24.8 Å². The van der Waals surface area contributed by atoms with E-state index in [1.165, 1.54) is 6.33 Å². The molecule has 1 aliphatic rings. The first kappa shape index (κ1) is 13.3. The van der Waals surface area contributed by atoms with Gasteiger partial charge in [0.05, 0.1) is 11.9 Å². The third kappa shape index (κ3) is 2.25. The standard InChI is InChI=1S/C13H16ClN5O/c1-18-11(2-5-17-18)13(20)3-6-19(7-4-13)12-10(14)8-15-9-16-12/h2,5,8-9,20H,3-4,6-7H2,1H3. The maximum Gasteiger partial charge on any atom is 0.150 e. The van der Waals surface area contributed by atoms with Crippen molar-refractivity contribution in [3.05, 3.63) is 35.5 Å². The van der Waals surface area contributed by atoms with Gasteiger partial charge >= 0.3 is 0 Å². The highest BCUT2D eigenvalue weighted by atomic mass is 35.5. The molecule has 7 heteroatoms. The number of anilines is 1. The van der Waals surface area contributed by atoms with Crippen LogP contribution in [-0.2, 0) is 12.6 Å². The summed E-state index contributed by atoms with van der Waals surface area (Å²) in [6.45, 7) is 1.39. The molecule has 0 unspecified atom stereocenters. The Bertz CT molecular complexity index is 606. The van der Waals surface area contributed by atoms with Crippen molar-refractivity contribution in [2.24, 2.45) is 7.05 Å². The summed E-state index contributed by atoms with van der Waals surface area (Å²) in [7, 11) is 1.85. The molecular weight excluding hydrogens is 278 g/mol. The number of aliphatic hydroxyl groups is 1. The van der Waals surface area contributed by atoms with Gasteiger partial charge in [-0.3, -0.25) is 4.68 Å². The average Bonchev–Trinajstić information content (AvgIpc) is 2.88. The largest absolute Gasteiger partial charge is 0.383 e. The fraction of sp³-hybridized carbons (Fsp3) is 0.462. The summed E-state index contributed by atoms with van der Waals surface area (Å²) in [5.41, 5.74) is 0.0206. The topological polar surface area (TPSA) is 67.1 Å². The van der Waals surface area contributed by atoms with Gasteiger partial charge in [-0.1, -0.05) is 11.6 Å². The second kappa shape index (κ2) is 5.03. The molecular formula is C13H16ClN5O. The number of hydrogen-bond acceptors (Lipinski definition) is 5. The first-order chi connectivity index (χ1) is 9.60. The normalized spacial score (nSPS) is 18.2. The lowest BCUT2D eigenvalue weighted by Crippen LogP contribution is -2.44. The highest BCUT2D eigenvalue weighted by molar-refractivity contribution is 6.32. The van der Waals surface area contributed by atoms with Gasteiger partial charge in [0.2, 0.25) is 0 Å². The van der Waals surface area contributed by atoms with E-state index in [1.54, 1.807) is 17.1 Å². The van der Waals surface area contributed by atoms with Crippen LogP contribution in [0.5, 0.6) is 0 Å². The molecule has 106 valence electrons. The van der Waals surface area contributed by atoms with E-state index in [4.69, 9.17) is 11.6 Å². The summed E-state index contributed by atoms with van der Waals surface area (Å²) >= 11 is 6.11. The molecule has 3 rings (SSSR count). The molecule has 1 saturated heterocycles. The lowest BCUT2D eigenvalue weighted by atomic mass is 9.88. The van der Waals surface area contributed by atoms with Gasteiger partial charge in [0.1, 0.15) is 17.0 Å². The van der Waals surface area contributed by atoms with Crippen LogP contribution < -0.4 is 4.90 Å². The smallest absolute Gasteiger partial charge is 0.150 e. The van der Waals surface area contributed by atoms with Crippen molar-refractivity contribution >= 4 is 17.4 Å². The van der Waals surface area contributed by atoms with E-state index < -0.39 is 5.60 Å². The minimum absolute atomic E-state index is 0.540. The molecule has 1 fully saturated rings. The molecule has 6 nitrogen and oxygen atoms in total. The van der Waals surface area contributed by atoms with E-state index in [0.717, 1.165) is 11.5 Å². The van der Waals surface area contributed by atoms with E-state index in [2.05, 4.69) is 20.0 Å². The van der Waals surface area contributed by atoms with Gasteiger partial charge in [0.25, 0.3) is 0 Å². The molecule has 0 saturated carbocycles. The molecule has 0 spiro atoms. The minimum atomic E-state index is -0.832. The second-order valence-electron chi connectivity index (χ2n) is 5.05. The number of nitrogens with zero attached hydrogens (tertiary/aromatic N) is 5. The maximum absolute atomic E-state index is 10.8. The van der Waals surface area contributed by atoms with Crippen molar-refractivity contribution < 1.29 is 5.11 Å². The first-order valence-electron chi connectivity index (χ1n) is 6.51. The molecule has 0 amide bonds. The van der Waals surface area contributed by atoms with Crippen molar-refractivity contribution in [1.29, 1.82) is 0 Å². The zero-order valence-corrected chi connectivity index (χ0v) is 12.0. The van der Waals surface area contributed by atoms with Crippen LogP contribution in [0.1, 0.15) is 18.5 Å². The van der Waals surface area contributed by atoms with Crippen molar-refractivity contribution in [3.8, 4) is 0 Å². The first-order valence-corrected chi connectivity index (χ1v) is 6.89. The van der Waals surface area contributed by atoms with Crippen molar-refractivity contribution in [1.82, 2.24) is 19.7 Å². The Morgan fingerprint density at radius 3 is 2.70 bits per heavy atom. The molecule has 1 aliphatic heterocycles. The molecule has 2 aromatic rings. The molecule has 1 N–H and O–H groups in total. The zero-order chi connectivity index (χ0) is 14.2. The van der Waals surface area contributed by atoms with Gasteiger partial charge in [-0.2, -0.15) is 5.10 Å². The third-order valence-electron chi connectivity index (χ3n) is 3.84. The van der Waals surface area contributed by atoms with Crippen LogP contribution in [-0.4, -0.2) is 37.9 Å². The summed E-state index contributed by atoms with van der Waals surface area (Å²) in [6, 6.07) is 1.87. The second-order valence-corrected chi connectivity index (χ2v) is 5.46. The highest BCUT2D eigenvalue weighted by Gasteiger charge is 2.36. The van der Waals surface area contributed by atoms with Crippen LogP contribution in [0.3, 0.4) is 0 Å². The number of halogens is 1. The Balaban J connectivity index is 1.77. The number of aromatic nitrogens is 4. The number of aryl methyl sites for hydroxylation is 1. The Kier molecular flexibility index (Phi) is 3.35. The van der Waals surface area contributed by atoms with E-state index >= 15 is 0 Å². The highest BCUT2D eigenvalue weighted by Crippen LogP contribution is 2.34. The Labute approximate surface area is 122 Å². The van der Waals surface area contributed by atoms with Crippen molar-refractivity contribution in [3.63, 3.8) is 0 Å². The Hall–Kier alpha value is -1.66. The van der Waals surface area contributed by atoms with E-state index in [-0.39, 0.29) is 0 Å². The average molecular weight is 294 g/mol. The van der Waals surface area contributed by atoms with E-state index in [1.807, 2.05) is 13.1 Å². The van der Waals surface area contributed by atoms with Crippen LogP contribution in [0.2, 0.25) is 5.02 Å². The Morgan fingerprint density at radius 1 is 1.35 bits per heavy atom. The minimum Gasteiger partial charge on any atom is -0.383 e. The molecule has 0 atom stereocenters. The number of piperidine rings is 1. The molecule has 0 bridgehead atoms. The van der Waals surface area contributed by atoms with Gasteiger partial charge in [-0.15, -0.1) is 0 Å². The zero-order valence-electron chi connectivity index (χ0n) is 11.2. The summed E-state index contributed by atoms with van der Waals surface area (Å²) in [4.78, 5) is 10.2. The van der Waals surface area contributed by atoms with Crippen LogP contribution in [0.25, 0.3) is 0 Å². The van der Waals surface area contributed by atoms with Crippen molar-refractivity contribution in [2.75, 3.05) is 18.0 Å².